The lowest BCUT2D eigenvalue weighted by atomic mass is 10.1. The maximum atomic E-state index is 9.90. The van der Waals surface area contributed by atoms with Gasteiger partial charge in [-0.3, -0.25) is 0 Å². The zero-order chi connectivity index (χ0) is 14.9. The van der Waals surface area contributed by atoms with Crippen LogP contribution in [0.2, 0.25) is 0 Å². The van der Waals surface area contributed by atoms with Crippen LogP contribution in [-0.2, 0) is 14.2 Å². The minimum absolute atomic E-state index is 0.241. The second-order valence-corrected chi connectivity index (χ2v) is 7.30. The maximum Gasteiger partial charge on any atom is 0.162 e. The topological polar surface area (TPSA) is 47.9 Å². The van der Waals surface area contributed by atoms with Crippen molar-refractivity contribution in [1.29, 1.82) is 0 Å². The predicted molar refractivity (Wildman–Crippen MR) is 82.8 cm³/mol. The van der Waals surface area contributed by atoms with Gasteiger partial charge in [0.05, 0.1) is 19.8 Å². The van der Waals surface area contributed by atoms with E-state index in [1.165, 1.54) is 0 Å². The second kappa shape index (κ2) is 6.02. The van der Waals surface area contributed by atoms with Gasteiger partial charge < -0.3 is 18.8 Å². The van der Waals surface area contributed by atoms with Crippen LogP contribution in [0.3, 0.4) is 0 Å². The van der Waals surface area contributed by atoms with Gasteiger partial charge in [-0.15, -0.1) is 0 Å². The Morgan fingerprint density at radius 2 is 1.90 bits per heavy atom. The van der Waals surface area contributed by atoms with Crippen LogP contribution in [0.1, 0.15) is 34.6 Å². The molecular formula is C15H24O4S. The van der Waals surface area contributed by atoms with E-state index in [2.05, 4.69) is 0 Å². The van der Waals surface area contributed by atoms with Gasteiger partial charge in [0.1, 0.15) is 5.76 Å². The second-order valence-electron chi connectivity index (χ2n) is 5.82. The Kier molecular flexibility index (Phi) is 4.74. The summed E-state index contributed by atoms with van der Waals surface area (Å²) >= 11 is 0. The van der Waals surface area contributed by atoms with Crippen molar-refractivity contribution >= 4 is 15.6 Å². The van der Waals surface area contributed by atoms with Gasteiger partial charge >= 0.3 is 0 Å². The van der Waals surface area contributed by atoms with Gasteiger partial charge in [0.2, 0.25) is 0 Å². The normalized spacial score (nSPS) is 27.6. The number of allylic oxidation sites excluding steroid dienone is 2. The molecule has 0 aromatic rings. The third kappa shape index (κ3) is 3.52. The van der Waals surface area contributed by atoms with Crippen molar-refractivity contribution in [3.05, 3.63) is 22.3 Å². The summed E-state index contributed by atoms with van der Waals surface area (Å²) in [4.78, 5) is 0.975. The van der Waals surface area contributed by atoms with E-state index in [1.807, 2.05) is 40.0 Å². The van der Waals surface area contributed by atoms with Crippen molar-refractivity contribution in [2.24, 2.45) is 5.92 Å². The van der Waals surface area contributed by atoms with Gasteiger partial charge in [0.15, 0.2) is 5.79 Å². The van der Waals surface area contributed by atoms with E-state index in [4.69, 9.17) is 14.2 Å². The van der Waals surface area contributed by atoms with Crippen molar-refractivity contribution in [2.75, 3.05) is 19.8 Å². The van der Waals surface area contributed by atoms with E-state index in [9.17, 15) is 4.55 Å². The average Bonchev–Trinajstić information content (AvgIpc) is 2.38. The highest BCUT2D eigenvalue weighted by Crippen LogP contribution is 2.31. The van der Waals surface area contributed by atoms with Crippen molar-refractivity contribution in [2.45, 2.75) is 40.4 Å². The Balaban J connectivity index is 1.97. The lowest BCUT2D eigenvalue weighted by Gasteiger charge is -2.35. The molecule has 0 amide bonds. The molecule has 0 spiro atoms. The van der Waals surface area contributed by atoms with E-state index >= 15 is 0 Å². The summed E-state index contributed by atoms with van der Waals surface area (Å²) in [7, 11) is -0.767. The Morgan fingerprint density at radius 3 is 2.50 bits per heavy atom. The molecule has 2 aliphatic heterocycles. The highest BCUT2D eigenvalue weighted by atomic mass is 32.2. The van der Waals surface area contributed by atoms with Gasteiger partial charge in [-0.25, -0.2) is 0 Å². The molecule has 2 rings (SSSR count). The van der Waals surface area contributed by atoms with Crippen LogP contribution < -0.4 is 0 Å². The molecule has 20 heavy (non-hydrogen) atoms. The molecule has 0 bridgehead atoms. The van der Waals surface area contributed by atoms with Gasteiger partial charge in [0.25, 0.3) is 0 Å². The van der Waals surface area contributed by atoms with E-state index in [0.29, 0.717) is 19.8 Å². The summed E-state index contributed by atoms with van der Waals surface area (Å²) in [6.45, 7) is 11.6. The summed E-state index contributed by atoms with van der Waals surface area (Å²) in [5.74, 6) is 0.637. The van der Waals surface area contributed by atoms with E-state index in [0.717, 1.165) is 21.8 Å². The lowest BCUT2D eigenvalue weighted by Crippen LogP contribution is -2.40. The monoisotopic (exact) mass is 300 g/mol. The van der Waals surface area contributed by atoms with Gasteiger partial charge in [-0.2, -0.15) is 0 Å². The molecule has 1 N–H and O–H groups in total. The highest BCUT2D eigenvalue weighted by Gasteiger charge is 2.29. The molecule has 1 unspecified atom stereocenters. The van der Waals surface area contributed by atoms with Gasteiger partial charge in [0, 0.05) is 16.4 Å². The number of ether oxygens (including phenoxy) is 3. The van der Waals surface area contributed by atoms with Crippen LogP contribution in [0, 0.1) is 5.92 Å². The van der Waals surface area contributed by atoms with Crippen LogP contribution in [0.4, 0.5) is 0 Å². The zero-order valence-electron chi connectivity index (χ0n) is 12.9. The predicted octanol–water partition coefficient (Wildman–Crippen LogP) is 3.53. The molecule has 0 aromatic carbocycles. The fourth-order valence-electron chi connectivity index (χ4n) is 2.17. The van der Waals surface area contributed by atoms with Crippen molar-refractivity contribution in [3.63, 3.8) is 0 Å². The fraction of sp³-hybridized carbons (Fsp3) is 0.667. The first-order valence-electron chi connectivity index (χ1n) is 6.86. The molecule has 1 fully saturated rings. The fourth-order valence-corrected chi connectivity index (χ4v) is 3.19. The van der Waals surface area contributed by atoms with Crippen LogP contribution in [-0.4, -0.2) is 35.0 Å². The lowest BCUT2D eigenvalue weighted by molar-refractivity contribution is -0.265. The Labute approximate surface area is 123 Å². The third-order valence-corrected chi connectivity index (χ3v) is 5.14. The summed E-state index contributed by atoms with van der Waals surface area (Å²) in [6, 6.07) is 0. The Morgan fingerprint density at radius 1 is 1.30 bits per heavy atom. The molecule has 1 saturated heterocycles. The third-order valence-electron chi connectivity index (χ3n) is 3.63. The largest absolute Gasteiger partial charge is 0.493 e. The molecule has 1 atom stereocenters. The average molecular weight is 300 g/mol. The number of hydrogen-bond donors (Lipinski definition) is 1. The molecule has 0 aliphatic carbocycles. The van der Waals surface area contributed by atoms with Crippen LogP contribution >= 0.6 is 10.8 Å². The van der Waals surface area contributed by atoms with Crippen molar-refractivity contribution in [3.8, 4) is 0 Å². The standard InChI is InChI=1S/C15H24O4S/c1-10-9-20(16)12(3)11(2)14(10)17-6-13-7-18-15(4,5)19-8-13/h9,13,16H,6-8H2,1-5H3. The molecule has 114 valence electrons. The summed E-state index contributed by atoms with van der Waals surface area (Å²) < 4.78 is 27.1. The van der Waals surface area contributed by atoms with Gasteiger partial charge in [-0.05, 0) is 56.4 Å². The molecule has 5 heteroatoms. The zero-order valence-corrected chi connectivity index (χ0v) is 13.7. The maximum absolute atomic E-state index is 9.90. The first-order valence-corrected chi connectivity index (χ1v) is 8.11. The van der Waals surface area contributed by atoms with Crippen LogP contribution in [0.25, 0.3) is 0 Å². The molecule has 2 aliphatic rings. The van der Waals surface area contributed by atoms with Crippen LogP contribution in [0.5, 0.6) is 0 Å². The van der Waals surface area contributed by atoms with Crippen molar-refractivity contribution < 1.29 is 18.8 Å². The van der Waals surface area contributed by atoms with E-state index < -0.39 is 16.6 Å². The summed E-state index contributed by atoms with van der Waals surface area (Å²) in [5.41, 5.74) is 2.03. The first kappa shape index (κ1) is 15.8. The Hall–Kier alpha value is -0.620. The molecule has 2 heterocycles. The molecular weight excluding hydrogens is 276 g/mol. The SMILES string of the molecule is CC1=CS(O)=C(C)C(C)=C1OCC1COC(C)(C)OC1. The first-order chi connectivity index (χ1) is 9.30. The van der Waals surface area contributed by atoms with Crippen molar-refractivity contribution in [1.82, 2.24) is 0 Å². The number of rotatable bonds is 3. The minimum Gasteiger partial charge on any atom is -0.493 e. The van der Waals surface area contributed by atoms with Crippen LogP contribution in [0.15, 0.2) is 22.3 Å². The smallest absolute Gasteiger partial charge is 0.162 e. The molecule has 0 radical (unpaired) electrons. The summed E-state index contributed by atoms with van der Waals surface area (Å²) in [5, 5.41) is 1.86. The van der Waals surface area contributed by atoms with E-state index in [-0.39, 0.29) is 5.92 Å². The Bertz CT molecular complexity index is 478. The quantitative estimate of drug-likeness (QED) is 0.810. The number of hydrogen-bond acceptors (Lipinski definition) is 4. The van der Waals surface area contributed by atoms with Gasteiger partial charge in [-0.1, -0.05) is 0 Å². The molecule has 0 saturated carbocycles. The highest BCUT2D eigenvalue weighted by molar-refractivity contribution is 8.14. The summed E-state index contributed by atoms with van der Waals surface area (Å²) in [6.07, 6.45) is 0. The molecule has 4 nitrogen and oxygen atoms in total. The molecule has 0 aromatic heterocycles. The van der Waals surface area contributed by atoms with E-state index in [1.54, 1.807) is 0 Å². The minimum atomic E-state index is -0.767.